The number of carbonyl (C=O) groups is 1. The third-order valence-corrected chi connectivity index (χ3v) is 2.22. The van der Waals surface area contributed by atoms with Gasteiger partial charge in [-0.05, 0) is 19.1 Å². The lowest BCUT2D eigenvalue weighted by molar-refractivity contribution is 0.0952. The van der Waals surface area contributed by atoms with Crippen LogP contribution >= 0.6 is 0 Å². The van der Waals surface area contributed by atoms with Crippen LogP contribution in [0.1, 0.15) is 21.9 Å². The molecule has 6 nitrogen and oxygen atoms in total. The largest absolute Gasteiger partial charge is 0.464 e. The summed E-state index contributed by atoms with van der Waals surface area (Å²) in [4.78, 5) is 11.3. The molecule has 0 bridgehead atoms. The van der Waals surface area contributed by atoms with Crippen LogP contribution in [-0.4, -0.2) is 15.7 Å². The first-order valence-electron chi connectivity index (χ1n) is 4.78. The van der Waals surface area contributed by atoms with Gasteiger partial charge in [0.15, 0.2) is 0 Å². The SMILES string of the molecule is Cc1oc(Cn2cccn2)cc1C(=O)NN. The van der Waals surface area contributed by atoms with E-state index in [0.717, 1.165) is 0 Å². The molecule has 3 N–H and O–H groups in total. The van der Waals surface area contributed by atoms with Crippen molar-refractivity contribution in [2.24, 2.45) is 5.84 Å². The van der Waals surface area contributed by atoms with Crippen LogP contribution in [0.3, 0.4) is 0 Å². The number of nitrogens with zero attached hydrogens (tertiary/aromatic N) is 2. The van der Waals surface area contributed by atoms with Crippen LogP contribution in [-0.2, 0) is 6.54 Å². The van der Waals surface area contributed by atoms with Crippen molar-refractivity contribution in [3.05, 3.63) is 41.6 Å². The summed E-state index contributed by atoms with van der Waals surface area (Å²) in [5, 5.41) is 4.05. The zero-order valence-corrected chi connectivity index (χ0v) is 8.80. The average Bonchev–Trinajstić information content (AvgIpc) is 2.88. The zero-order valence-electron chi connectivity index (χ0n) is 8.80. The van der Waals surface area contributed by atoms with Crippen molar-refractivity contribution in [3.63, 3.8) is 0 Å². The standard InChI is InChI=1S/C10H12N4O2/c1-7-9(10(15)13-11)5-8(16-7)6-14-4-2-3-12-14/h2-5H,6,11H2,1H3,(H,13,15). The Morgan fingerprint density at radius 3 is 3.12 bits per heavy atom. The Morgan fingerprint density at radius 2 is 2.50 bits per heavy atom. The van der Waals surface area contributed by atoms with E-state index < -0.39 is 0 Å². The fraction of sp³-hybridized carbons (Fsp3) is 0.200. The molecule has 0 atom stereocenters. The molecule has 0 aliphatic carbocycles. The first-order valence-corrected chi connectivity index (χ1v) is 4.78. The molecule has 16 heavy (non-hydrogen) atoms. The van der Waals surface area contributed by atoms with Gasteiger partial charge in [-0.25, -0.2) is 5.84 Å². The van der Waals surface area contributed by atoms with Gasteiger partial charge in [-0.1, -0.05) is 0 Å². The van der Waals surface area contributed by atoms with E-state index in [4.69, 9.17) is 10.3 Å². The molecule has 0 radical (unpaired) electrons. The van der Waals surface area contributed by atoms with Crippen LogP contribution in [0.2, 0.25) is 0 Å². The molecular weight excluding hydrogens is 208 g/mol. The van der Waals surface area contributed by atoms with E-state index in [9.17, 15) is 4.79 Å². The molecule has 6 heteroatoms. The van der Waals surface area contributed by atoms with Crippen LogP contribution in [0, 0.1) is 6.92 Å². The van der Waals surface area contributed by atoms with Crippen LogP contribution in [0.4, 0.5) is 0 Å². The van der Waals surface area contributed by atoms with E-state index in [-0.39, 0.29) is 5.91 Å². The summed E-state index contributed by atoms with van der Waals surface area (Å²) < 4.78 is 7.14. The monoisotopic (exact) mass is 220 g/mol. The number of rotatable bonds is 3. The number of nitrogen functional groups attached to an aromatic ring is 1. The Morgan fingerprint density at radius 1 is 1.69 bits per heavy atom. The molecule has 2 heterocycles. The van der Waals surface area contributed by atoms with Crippen LogP contribution in [0.25, 0.3) is 0 Å². The van der Waals surface area contributed by atoms with Crippen molar-refractivity contribution < 1.29 is 9.21 Å². The molecule has 1 amide bonds. The highest BCUT2D eigenvalue weighted by Gasteiger charge is 2.13. The van der Waals surface area contributed by atoms with Crippen LogP contribution < -0.4 is 11.3 Å². The van der Waals surface area contributed by atoms with Gasteiger partial charge in [0, 0.05) is 12.4 Å². The first kappa shape index (κ1) is 10.4. The Kier molecular flexibility index (Phi) is 2.74. The maximum absolute atomic E-state index is 11.3. The topological polar surface area (TPSA) is 86.1 Å². The quantitative estimate of drug-likeness (QED) is 0.446. The molecule has 0 aromatic carbocycles. The fourth-order valence-electron chi connectivity index (χ4n) is 1.48. The van der Waals surface area contributed by atoms with E-state index >= 15 is 0 Å². The second-order valence-electron chi connectivity index (χ2n) is 3.36. The van der Waals surface area contributed by atoms with Gasteiger partial charge >= 0.3 is 0 Å². The van der Waals surface area contributed by atoms with Gasteiger partial charge in [0.25, 0.3) is 5.91 Å². The average molecular weight is 220 g/mol. The second kappa shape index (κ2) is 4.19. The Hall–Kier alpha value is -2.08. The van der Waals surface area contributed by atoms with Crippen molar-refractivity contribution in [1.29, 1.82) is 0 Å². The lowest BCUT2D eigenvalue weighted by Gasteiger charge is -1.95. The first-order chi connectivity index (χ1) is 7.70. The van der Waals surface area contributed by atoms with Gasteiger partial charge in [0.2, 0.25) is 0 Å². The summed E-state index contributed by atoms with van der Waals surface area (Å²) in [5.74, 6) is 5.92. The molecule has 0 spiro atoms. The van der Waals surface area contributed by atoms with E-state index in [1.807, 2.05) is 12.3 Å². The van der Waals surface area contributed by atoms with Crippen molar-refractivity contribution in [3.8, 4) is 0 Å². The predicted octanol–water partition coefficient (Wildman–Crippen LogP) is 0.436. The fourth-order valence-corrected chi connectivity index (χ4v) is 1.48. The normalized spacial score (nSPS) is 10.4. The number of carbonyl (C=O) groups excluding carboxylic acids is 1. The molecule has 0 unspecified atom stereocenters. The molecule has 0 saturated carbocycles. The number of hydrogen-bond acceptors (Lipinski definition) is 4. The van der Waals surface area contributed by atoms with Gasteiger partial charge in [0.05, 0.1) is 12.1 Å². The maximum Gasteiger partial charge on any atom is 0.268 e. The zero-order chi connectivity index (χ0) is 11.5. The third kappa shape index (κ3) is 1.96. The minimum atomic E-state index is -0.354. The van der Waals surface area contributed by atoms with Crippen molar-refractivity contribution in [2.45, 2.75) is 13.5 Å². The summed E-state index contributed by atoms with van der Waals surface area (Å²) in [6.45, 7) is 2.21. The molecule has 0 aliphatic rings. The van der Waals surface area contributed by atoms with Gasteiger partial charge in [0.1, 0.15) is 11.5 Å². The number of hydrazine groups is 1. The second-order valence-corrected chi connectivity index (χ2v) is 3.36. The predicted molar refractivity (Wildman–Crippen MR) is 56.4 cm³/mol. The highest BCUT2D eigenvalue weighted by molar-refractivity contribution is 5.94. The van der Waals surface area contributed by atoms with Gasteiger partial charge in [-0.3, -0.25) is 14.9 Å². The molecule has 0 aliphatic heterocycles. The molecule has 2 aromatic rings. The molecule has 84 valence electrons. The molecule has 0 fully saturated rings. The van der Waals surface area contributed by atoms with E-state index in [1.54, 1.807) is 23.9 Å². The summed E-state index contributed by atoms with van der Waals surface area (Å²) in [6.07, 6.45) is 3.50. The van der Waals surface area contributed by atoms with Crippen LogP contribution in [0.15, 0.2) is 28.9 Å². The number of hydrogen-bond donors (Lipinski definition) is 2. The number of furan rings is 1. The van der Waals surface area contributed by atoms with E-state index in [2.05, 4.69) is 10.5 Å². The molecule has 2 aromatic heterocycles. The van der Waals surface area contributed by atoms with Crippen molar-refractivity contribution in [1.82, 2.24) is 15.2 Å². The smallest absolute Gasteiger partial charge is 0.268 e. The number of nitrogens with two attached hydrogens (primary N) is 1. The van der Waals surface area contributed by atoms with Gasteiger partial charge in [-0.15, -0.1) is 0 Å². The van der Waals surface area contributed by atoms with Gasteiger partial charge in [-0.2, -0.15) is 5.10 Å². The number of nitrogens with one attached hydrogen (secondary N) is 1. The highest BCUT2D eigenvalue weighted by Crippen LogP contribution is 2.15. The lowest BCUT2D eigenvalue weighted by atomic mass is 10.2. The van der Waals surface area contributed by atoms with E-state index in [0.29, 0.717) is 23.6 Å². The Balaban J connectivity index is 2.21. The van der Waals surface area contributed by atoms with Crippen molar-refractivity contribution >= 4 is 5.91 Å². The molecule has 0 saturated heterocycles. The number of aryl methyl sites for hydroxylation is 1. The minimum absolute atomic E-state index is 0.354. The molecular formula is C10H12N4O2. The summed E-state index contributed by atoms with van der Waals surface area (Å²) in [5.41, 5.74) is 2.52. The third-order valence-electron chi connectivity index (χ3n) is 2.22. The Bertz CT molecular complexity index is 487. The lowest BCUT2D eigenvalue weighted by Crippen LogP contribution is -2.30. The maximum atomic E-state index is 11.3. The highest BCUT2D eigenvalue weighted by atomic mass is 16.3. The molecule has 2 rings (SSSR count). The Labute approximate surface area is 92.0 Å². The minimum Gasteiger partial charge on any atom is -0.464 e. The van der Waals surface area contributed by atoms with Crippen molar-refractivity contribution in [2.75, 3.05) is 0 Å². The van der Waals surface area contributed by atoms with E-state index in [1.165, 1.54) is 0 Å². The number of amides is 1. The van der Waals surface area contributed by atoms with Crippen LogP contribution in [0.5, 0.6) is 0 Å². The summed E-state index contributed by atoms with van der Waals surface area (Å²) >= 11 is 0. The number of aromatic nitrogens is 2. The summed E-state index contributed by atoms with van der Waals surface area (Å²) in [7, 11) is 0. The summed E-state index contributed by atoms with van der Waals surface area (Å²) in [6, 6.07) is 3.49. The van der Waals surface area contributed by atoms with Gasteiger partial charge < -0.3 is 4.42 Å².